The minimum atomic E-state index is -0.852. The van der Waals surface area contributed by atoms with Crippen molar-refractivity contribution in [3.8, 4) is 22.7 Å². The molecule has 5 N–H and O–H groups in total. The van der Waals surface area contributed by atoms with Gasteiger partial charge in [0.05, 0.1) is 11.3 Å². The SMILES string of the molecule is CC(C)(C)c1ccc(-n2nc(-c3ccc[n+]([O-])c3)cc2NCCCC(=O)NC(Cc2ccc(O)cc2)C(N)=O)cc1. The maximum atomic E-state index is 12.6. The van der Waals surface area contributed by atoms with Crippen LogP contribution in [-0.2, 0) is 21.4 Å². The number of phenolic OH excluding ortho intramolecular Hbond substituents is 1. The molecule has 10 heteroatoms. The van der Waals surface area contributed by atoms with E-state index in [0.29, 0.717) is 30.0 Å². The van der Waals surface area contributed by atoms with E-state index in [4.69, 9.17) is 10.8 Å². The number of phenols is 1. The summed E-state index contributed by atoms with van der Waals surface area (Å²) in [4.78, 5) is 24.5. The largest absolute Gasteiger partial charge is 0.619 e. The zero-order chi connectivity index (χ0) is 29.6. The van der Waals surface area contributed by atoms with Crippen LogP contribution in [0.5, 0.6) is 5.75 Å². The lowest BCUT2D eigenvalue weighted by Gasteiger charge is -2.19. The van der Waals surface area contributed by atoms with Crippen LogP contribution in [0.15, 0.2) is 79.1 Å². The molecule has 2 aromatic heterocycles. The quantitative estimate of drug-likeness (QED) is 0.126. The van der Waals surface area contributed by atoms with E-state index < -0.39 is 11.9 Å². The predicted molar refractivity (Wildman–Crippen MR) is 157 cm³/mol. The molecule has 0 spiro atoms. The van der Waals surface area contributed by atoms with Crippen LogP contribution in [-0.4, -0.2) is 39.3 Å². The van der Waals surface area contributed by atoms with Crippen LogP contribution in [0.4, 0.5) is 5.82 Å². The second-order valence-corrected chi connectivity index (χ2v) is 11.0. The molecular weight excluding hydrogens is 520 g/mol. The number of carbonyl (C=O) groups excluding carboxylic acids is 2. The van der Waals surface area contributed by atoms with Gasteiger partial charge in [-0.1, -0.05) is 45.0 Å². The highest BCUT2D eigenvalue weighted by molar-refractivity contribution is 5.86. The van der Waals surface area contributed by atoms with Gasteiger partial charge in [0.25, 0.3) is 0 Å². The molecule has 214 valence electrons. The van der Waals surface area contributed by atoms with Crippen molar-refractivity contribution in [2.24, 2.45) is 5.73 Å². The van der Waals surface area contributed by atoms with Gasteiger partial charge in [0.15, 0.2) is 12.4 Å². The number of amides is 2. The van der Waals surface area contributed by atoms with Gasteiger partial charge < -0.3 is 26.7 Å². The van der Waals surface area contributed by atoms with Gasteiger partial charge in [0.2, 0.25) is 11.8 Å². The van der Waals surface area contributed by atoms with Crippen LogP contribution < -0.4 is 21.1 Å². The van der Waals surface area contributed by atoms with E-state index in [2.05, 4.69) is 43.5 Å². The number of benzene rings is 2. The fourth-order valence-corrected chi connectivity index (χ4v) is 4.38. The Morgan fingerprint density at radius 3 is 2.44 bits per heavy atom. The van der Waals surface area contributed by atoms with E-state index in [1.807, 2.05) is 24.3 Å². The number of nitrogens with two attached hydrogens (primary N) is 1. The molecule has 4 aromatic rings. The van der Waals surface area contributed by atoms with Crippen molar-refractivity contribution in [1.29, 1.82) is 0 Å². The molecule has 0 aliphatic heterocycles. The third kappa shape index (κ3) is 7.84. The molecule has 0 fully saturated rings. The number of aromatic hydroxyl groups is 1. The average Bonchev–Trinajstić information content (AvgIpc) is 3.36. The van der Waals surface area contributed by atoms with Gasteiger partial charge >= 0.3 is 0 Å². The molecule has 41 heavy (non-hydrogen) atoms. The summed E-state index contributed by atoms with van der Waals surface area (Å²) < 4.78 is 2.52. The Bertz CT molecular complexity index is 1490. The van der Waals surface area contributed by atoms with Gasteiger partial charge in [-0.25, -0.2) is 4.68 Å². The number of primary amides is 1. The molecule has 1 unspecified atom stereocenters. The van der Waals surface area contributed by atoms with Crippen LogP contribution in [0.3, 0.4) is 0 Å². The van der Waals surface area contributed by atoms with Gasteiger partial charge in [-0.3, -0.25) is 9.59 Å². The monoisotopic (exact) mass is 556 g/mol. The Hall–Kier alpha value is -4.86. The number of nitrogens with one attached hydrogen (secondary N) is 2. The fourth-order valence-electron chi connectivity index (χ4n) is 4.38. The number of carbonyl (C=O) groups is 2. The predicted octanol–water partition coefficient (Wildman–Crippen LogP) is 3.58. The normalized spacial score (nSPS) is 12.1. The van der Waals surface area contributed by atoms with Crippen LogP contribution in [0, 0.1) is 5.21 Å². The Morgan fingerprint density at radius 2 is 1.80 bits per heavy atom. The molecule has 0 aliphatic carbocycles. The number of anilines is 1. The van der Waals surface area contributed by atoms with Crippen molar-refractivity contribution < 1.29 is 19.4 Å². The standard InChI is InChI=1S/C31H36N6O4/c1-31(2,3)23-10-12-24(13-11-23)37-28(19-26(35-37)22-6-5-17-36(41)20-22)33-16-4-7-29(39)34-27(30(32)40)18-21-8-14-25(38)15-9-21/h5-6,8-15,17,19-20,27,33,38H,4,7,16,18H2,1-3H3,(H2,32,40)(H,34,39). The van der Waals surface area contributed by atoms with Crippen molar-refractivity contribution in [3.63, 3.8) is 0 Å². The first-order valence-corrected chi connectivity index (χ1v) is 13.5. The Balaban J connectivity index is 1.42. The lowest BCUT2D eigenvalue weighted by atomic mass is 9.87. The van der Waals surface area contributed by atoms with Crippen molar-refractivity contribution in [2.75, 3.05) is 11.9 Å². The van der Waals surface area contributed by atoms with Crippen LogP contribution >= 0.6 is 0 Å². The topological polar surface area (TPSA) is 149 Å². The smallest absolute Gasteiger partial charge is 0.240 e. The molecule has 0 aliphatic rings. The van der Waals surface area contributed by atoms with Crippen LogP contribution in [0.1, 0.15) is 44.7 Å². The summed E-state index contributed by atoms with van der Waals surface area (Å²) in [7, 11) is 0. The zero-order valence-corrected chi connectivity index (χ0v) is 23.5. The van der Waals surface area contributed by atoms with E-state index in [-0.39, 0.29) is 29.9 Å². The van der Waals surface area contributed by atoms with E-state index in [1.165, 1.54) is 30.1 Å². The molecule has 10 nitrogen and oxygen atoms in total. The minimum absolute atomic E-state index is 0.0127. The lowest BCUT2D eigenvalue weighted by molar-refractivity contribution is -0.604. The first-order chi connectivity index (χ1) is 19.5. The number of rotatable bonds is 11. The molecule has 2 aromatic carbocycles. The first kappa shape index (κ1) is 29.1. The van der Waals surface area contributed by atoms with Gasteiger partial charge in [0, 0.05) is 31.5 Å². The second kappa shape index (κ2) is 12.5. The van der Waals surface area contributed by atoms with Crippen LogP contribution in [0.25, 0.3) is 16.9 Å². The summed E-state index contributed by atoms with van der Waals surface area (Å²) >= 11 is 0. The highest BCUT2D eigenvalue weighted by atomic mass is 16.5. The molecule has 0 saturated heterocycles. The summed E-state index contributed by atoms with van der Waals surface area (Å²) in [5.41, 5.74) is 9.67. The number of aromatic nitrogens is 3. The van der Waals surface area contributed by atoms with E-state index in [0.717, 1.165) is 16.0 Å². The molecule has 1 atom stereocenters. The molecular formula is C31H36N6O4. The Labute approximate surface area is 239 Å². The number of hydrogen-bond donors (Lipinski definition) is 4. The van der Waals surface area contributed by atoms with Crippen molar-refractivity contribution in [1.82, 2.24) is 15.1 Å². The summed E-state index contributed by atoms with van der Waals surface area (Å²) in [5.74, 6) is -0.0777. The third-order valence-electron chi connectivity index (χ3n) is 6.70. The third-order valence-corrected chi connectivity index (χ3v) is 6.70. The number of pyridine rings is 1. The van der Waals surface area contributed by atoms with E-state index in [1.54, 1.807) is 22.9 Å². The van der Waals surface area contributed by atoms with Gasteiger partial charge in [-0.2, -0.15) is 9.83 Å². The van der Waals surface area contributed by atoms with Crippen molar-refractivity contribution >= 4 is 17.6 Å². The van der Waals surface area contributed by atoms with E-state index >= 15 is 0 Å². The van der Waals surface area contributed by atoms with Crippen molar-refractivity contribution in [2.45, 2.75) is 51.5 Å². The molecule has 4 rings (SSSR count). The number of nitrogens with zero attached hydrogens (tertiary/aromatic N) is 3. The fraction of sp³-hybridized carbons (Fsp3) is 0.290. The number of hydrogen-bond acceptors (Lipinski definition) is 6. The zero-order valence-electron chi connectivity index (χ0n) is 23.5. The van der Waals surface area contributed by atoms with Crippen LogP contribution in [0.2, 0.25) is 0 Å². The lowest BCUT2D eigenvalue weighted by Crippen LogP contribution is -2.45. The van der Waals surface area contributed by atoms with Crippen molar-refractivity contribution in [3.05, 3.63) is 95.5 Å². The molecule has 0 radical (unpaired) electrons. The van der Waals surface area contributed by atoms with Gasteiger partial charge in [-0.05, 0) is 53.3 Å². The van der Waals surface area contributed by atoms with E-state index in [9.17, 15) is 19.9 Å². The summed E-state index contributed by atoms with van der Waals surface area (Å²) in [6.45, 7) is 6.94. The Morgan fingerprint density at radius 1 is 1.10 bits per heavy atom. The summed E-state index contributed by atoms with van der Waals surface area (Å²) in [6.07, 6.45) is 3.80. The summed E-state index contributed by atoms with van der Waals surface area (Å²) in [5, 5.41) is 32.1. The maximum absolute atomic E-state index is 12.6. The molecule has 2 amide bonds. The summed E-state index contributed by atoms with van der Waals surface area (Å²) in [6, 6.07) is 19.1. The minimum Gasteiger partial charge on any atom is -0.619 e. The first-order valence-electron chi connectivity index (χ1n) is 13.5. The highest BCUT2D eigenvalue weighted by Gasteiger charge is 2.19. The average molecular weight is 557 g/mol. The Kier molecular flexibility index (Phi) is 8.91. The van der Waals surface area contributed by atoms with Gasteiger partial charge in [-0.15, -0.1) is 0 Å². The highest BCUT2D eigenvalue weighted by Crippen LogP contribution is 2.27. The molecule has 2 heterocycles. The maximum Gasteiger partial charge on any atom is 0.240 e. The molecule has 0 bridgehead atoms. The second-order valence-electron chi connectivity index (χ2n) is 11.0. The van der Waals surface area contributed by atoms with Gasteiger partial charge in [0.1, 0.15) is 23.3 Å². The molecule has 0 saturated carbocycles.